The topological polar surface area (TPSA) is 120 Å². The fourth-order valence-electron chi connectivity index (χ4n) is 3.81. The second kappa shape index (κ2) is 12.0. The summed E-state index contributed by atoms with van der Waals surface area (Å²) in [5.74, 6) is -0.426. The van der Waals surface area contributed by atoms with E-state index in [0.29, 0.717) is 24.0 Å². The third-order valence-corrected chi connectivity index (χ3v) is 8.98. The molecule has 2 atom stereocenters. The number of carbonyl (C=O) groups is 3. The first-order valence-corrected chi connectivity index (χ1v) is 13.8. The standard InChI is InChI=1S/C24H30ClN4O4Si/c1-24(8-9-24)14-20(21(30)28-19(15-26)16-34-12-4-10-27-23(34)32)29-22(31)33-11-3-6-17-5-2-7-18(25)13-17/h2-3,5-7,13,19-20H,4,8-12,14,16H2,1H3,(H,27,32)(H,28,30)(H,29,31)/b6-3+/t19-,20?/m1/s1. The molecule has 0 spiro atoms. The van der Waals surface area contributed by atoms with Gasteiger partial charge in [-0.25, -0.2) is 4.79 Å². The lowest BCUT2D eigenvalue weighted by molar-refractivity contribution is -0.123. The maximum Gasteiger partial charge on any atom is 0.408 e. The summed E-state index contributed by atoms with van der Waals surface area (Å²) in [5, 5.41) is 18.4. The number of ether oxygens (including phenoxy) is 1. The maximum absolute atomic E-state index is 13.0. The van der Waals surface area contributed by atoms with Crippen LogP contribution in [0.2, 0.25) is 17.1 Å². The number of alkyl carbamates (subject to hydrolysis) is 1. The van der Waals surface area contributed by atoms with Gasteiger partial charge in [-0.3, -0.25) is 9.59 Å². The number of amides is 3. The van der Waals surface area contributed by atoms with Crippen LogP contribution in [-0.2, 0) is 9.53 Å². The lowest BCUT2D eigenvalue weighted by Gasteiger charge is -2.25. The summed E-state index contributed by atoms with van der Waals surface area (Å²) in [7, 11) is -1.41. The first-order chi connectivity index (χ1) is 16.3. The number of rotatable bonds is 10. The van der Waals surface area contributed by atoms with E-state index in [4.69, 9.17) is 16.3 Å². The Morgan fingerprint density at radius 2 is 2.18 bits per heavy atom. The van der Waals surface area contributed by atoms with Gasteiger partial charge in [-0.15, -0.1) is 0 Å². The van der Waals surface area contributed by atoms with Crippen molar-refractivity contribution in [2.45, 2.75) is 56.8 Å². The number of nitrogens with one attached hydrogen (secondary N) is 3. The highest BCUT2D eigenvalue weighted by molar-refractivity contribution is 6.90. The second-order valence-corrected chi connectivity index (χ2v) is 12.1. The van der Waals surface area contributed by atoms with Crippen LogP contribution < -0.4 is 16.0 Å². The molecule has 1 saturated carbocycles. The largest absolute Gasteiger partial charge is 0.445 e. The minimum atomic E-state index is -1.41. The van der Waals surface area contributed by atoms with Gasteiger partial charge in [0, 0.05) is 11.6 Å². The number of hydrogen-bond acceptors (Lipinski definition) is 5. The van der Waals surface area contributed by atoms with Gasteiger partial charge >= 0.3 is 6.09 Å². The predicted molar refractivity (Wildman–Crippen MR) is 132 cm³/mol. The van der Waals surface area contributed by atoms with Crippen molar-refractivity contribution in [2.24, 2.45) is 5.41 Å². The molecule has 1 aromatic carbocycles. The number of carbonyl (C=O) groups excluding carboxylic acids is 3. The summed E-state index contributed by atoms with van der Waals surface area (Å²) in [6.07, 6.45) is 6.08. The molecular weight excluding hydrogens is 472 g/mol. The van der Waals surface area contributed by atoms with Crippen molar-refractivity contribution in [1.82, 2.24) is 16.0 Å². The molecule has 1 unspecified atom stereocenters. The molecule has 3 amide bonds. The fourth-order valence-corrected chi connectivity index (χ4v) is 6.29. The van der Waals surface area contributed by atoms with Crippen molar-refractivity contribution in [2.75, 3.05) is 13.2 Å². The van der Waals surface area contributed by atoms with Gasteiger partial charge in [0.25, 0.3) is 0 Å². The van der Waals surface area contributed by atoms with E-state index >= 15 is 0 Å². The molecule has 181 valence electrons. The summed E-state index contributed by atoms with van der Waals surface area (Å²) >= 11 is 5.96. The summed E-state index contributed by atoms with van der Waals surface area (Å²) in [6, 6.07) is 8.93. The summed E-state index contributed by atoms with van der Waals surface area (Å²) in [6.45, 7) is 2.76. The maximum atomic E-state index is 13.0. The molecule has 2 fully saturated rings. The average Bonchev–Trinajstić information content (AvgIpc) is 3.54. The lowest BCUT2D eigenvalue weighted by Crippen LogP contribution is -2.52. The van der Waals surface area contributed by atoms with Crippen molar-refractivity contribution in [3.05, 3.63) is 40.9 Å². The Morgan fingerprint density at radius 3 is 2.85 bits per heavy atom. The minimum Gasteiger partial charge on any atom is -0.445 e. The van der Waals surface area contributed by atoms with Crippen LogP contribution in [0.4, 0.5) is 9.59 Å². The van der Waals surface area contributed by atoms with E-state index in [1.54, 1.807) is 24.3 Å². The number of hydrogen-bond donors (Lipinski definition) is 3. The van der Waals surface area contributed by atoms with E-state index in [9.17, 15) is 19.6 Å². The molecule has 3 N–H and O–H groups in total. The van der Waals surface area contributed by atoms with Crippen LogP contribution in [0.15, 0.2) is 30.3 Å². The molecule has 3 rings (SSSR count). The molecule has 1 radical (unpaired) electrons. The van der Waals surface area contributed by atoms with Crippen molar-refractivity contribution < 1.29 is 19.1 Å². The molecule has 1 saturated heterocycles. The van der Waals surface area contributed by atoms with Crippen LogP contribution in [0.3, 0.4) is 0 Å². The van der Waals surface area contributed by atoms with Gasteiger partial charge in [0.1, 0.15) is 18.7 Å². The SMILES string of the molecule is CC1(CC(NC(=O)OC/C=C/c2cccc(Cl)c2)C(=O)N[C@H](C#N)C[Si]2CCCNC2=O)CC1. The minimum absolute atomic E-state index is 0.0142. The van der Waals surface area contributed by atoms with Gasteiger partial charge in [-0.1, -0.05) is 36.7 Å². The zero-order valence-electron chi connectivity index (χ0n) is 19.2. The third-order valence-electron chi connectivity index (χ3n) is 6.06. The zero-order valence-corrected chi connectivity index (χ0v) is 21.0. The van der Waals surface area contributed by atoms with Crippen molar-refractivity contribution in [3.63, 3.8) is 0 Å². The lowest BCUT2D eigenvalue weighted by atomic mass is 9.98. The molecular formula is C24H30ClN4O4Si. The Labute approximate surface area is 206 Å². The predicted octanol–water partition coefficient (Wildman–Crippen LogP) is 3.84. The quantitative estimate of drug-likeness (QED) is 0.421. The van der Waals surface area contributed by atoms with Crippen molar-refractivity contribution >= 4 is 44.0 Å². The van der Waals surface area contributed by atoms with Gasteiger partial charge in [-0.2, -0.15) is 5.26 Å². The Hall–Kier alpha value is -2.83. The Balaban J connectivity index is 1.52. The smallest absolute Gasteiger partial charge is 0.408 e. The highest BCUT2D eigenvalue weighted by Gasteiger charge is 2.42. The molecule has 2 aliphatic rings. The normalized spacial score (nSPS) is 18.9. The van der Waals surface area contributed by atoms with Crippen LogP contribution in [0, 0.1) is 16.7 Å². The number of benzene rings is 1. The van der Waals surface area contributed by atoms with E-state index in [-0.39, 0.29) is 17.6 Å². The van der Waals surface area contributed by atoms with Crippen LogP contribution in [0.1, 0.15) is 38.2 Å². The van der Waals surface area contributed by atoms with E-state index in [1.165, 1.54) is 0 Å². The summed E-state index contributed by atoms with van der Waals surface area (Å²) in [4.78, 5) is 37.4. The van der Waals surface area contributed by atoms with Crippen molar-refractivity contribution in [3.8, 4) is 6.07 Å². The van der Waals surface area contributed by atoms with Crippen LogP contribution in [0.5, 0.6) is 0 Å². The first-order valence-electron chi connectivity index (χ1n) is 11.5. The van der Waals surface area contributed by atoms with Crippen molar-refractivity contribution in [1.29, 1.82) is 5.26 Å². The summed E-state index contributed by atoms with van der Waals surface area (Å²) < 4.78 is 5.21. The van der Waals surface area contributed by atoms with Crippen LogP contribution >= 0.6 is 11.6 Å². The number of nitriles is 1. The molecule has 10 heteroatoms. The van der Waals surface area contributed by atoms with E-state index in [2.05, 4.69) is 28.9 Å². The Kier molecular flexibility index (Phi) is 9.13. The molecule has 1 aliphatic carbocycles. The van der Waals surface area contributed by atoms with Crippen LogP contribution in [0.25, 0.3) is 6.08 Å². The molecule has 8 nitrogen and oxygen atoms in total. The molecule has 0 bridgehead atoms. The molecule has 1 aromatic rings. The molecule has 0 aromatic heterocycles. The van der Waals surface area contributed by atoms with E-state index in [0.717, 1.165) is 30.9 Å². The fraction of sp³-hybridized carbons (Fsp3) is 0.500. The highest BCUT2D eigenvalue weighted by atomic mass is 35.5. The van der Waals surface area contributed by atoms with E-state index in [1.807, 2.05) is 12.1 Å². The average molecular weight is 502 g/mol. The van der Waals surface area contributed by atoms with Gasteiger partial charge in [0.15, 0.2) is 14.3 Å². The molecule has 1 heterocycles. The zero-order chi connectivity index (χ0) is 24.6. The van der Waals surface area contributed by atoms with Gasteiger partial charge in [0.2, 0.25) is 5.91 Å². The third kappa shape index (κ3) is 8.19. The summed E-state index contributed by atoms with van der Waals surface area (Å²) in [5.41, 5.74) is 0.882. The molecule has 1 aliphatic heterocycles. The highest BCUT2D eigenvalue weighted by Crippen LogP contribution is 2.48. The van der Waals surface area contributed by atoms with Crippen LogP contribution in [-0.4, -0.2) is 51.6 Å². The van der Waals surface area contributed by atoms with Gasteiger partial charge < -0.3 is 20.7 Å². The second-order valence-electron chi connectivity index (χ2n) is 9.12. The Morgan fingerprint density at radius 1 is 1.38 bits per heavy atom. The number of nitrogens with zero attached hydrogens (tertiary/aromatic N) is 1. The molecule has 34 heavy (non-hydrogen) atoms. The Bertz CT molecular complexity index is 976. The van der Waals surface area contributed by atoms with E-state index < -0.39 is 32.9 Å². The van der Waals surface area contributed by atoms with Gasteiger partial charge in [0.05, 0.1) is 6.07 Å². The first kappa shape index (κ1) is 25.8. The monoisotopic (exact) mass is 501 g/mol. The van der Waals surface area contributed by atoms with Gasteiger partial charge in [-0.05, 0) is 67.0 Å². The number of halogens is 1.